The normalized spacial score (nSPS) is 12.5. The molecular formula is C13H18F3N. The molecule has 17 heavy (non-hydrogen) atoms. The minimum Gasteiger partial charge on any atom is -0.208 e. The topological polar surface area (TPSA) is 3.24 Å². The number of nitrogens with zero attached hydrogens (tertiary/aromatic N) is 1. The fourth-order valence-corrected chi connectivity index (χ4v) is 1.81. The lowest BCUT2D eigenvalue weighted by molar-refractivity contribution is -0.259. The van der Waals surface area contributed by atoms with E-state index in [4.69, 9.17) is 0 Å². The highest BCUT2D eigenvalue weighted by atomic mass is 19.4. The fraction of sp³-hybridized carbons (Fsp3) is 0.538. The van der Waals surface area contributed by atoms with E-state index in [0.717, 1.165) is 17.5 Å². The van der Waals surface area contributed by atoms with Crippen molar-refractivity contribution in [1.82, 2.24) is 4.90 Å². The van der Waals surface area contributed by atoms with E-state index in [1.165, 1.54) is 0 Å². The third kappa shape index (κ3) is 3.73. The summed E-state index contributed by atoms with van der Waals surface area (Å²) >= 11 is 0. The molecule has 1 aromatic carbocycles. The SMILES string of the molecule is CCc1ccccc1CN(C(C)C)C(F)(F)F. The van der Waals surface area contributed by atoms with Crippen molar-refractivity contribution >= 4 is 0 Å². The molecule has 4 heteroatoms. The first-order valence-corrected chi connectivity index (χ1v) is 5.76. The van der Waals surface area contributed by atoms with Crippen LogP contribution in [0.25, 0.3) is 0 Å². The van der Waals surface area contributed by atoms with Gasteiger partial charge in [-0.2, -0.15) is 13.2 Å². The molecule has 0 spiro atoms. The highest BCUT2D eigenvalue weighted by Crippen LogP contribution is 2.27. The minimum absolute atomic E-state index is 0.0782. The highest BCUT2D eigenvalue weighted by molar-refractivity contribution is 5.27. The van der Waals surface area contributed by atoms with Crippen LogP contribution >= 0.6 is 0 Å². The number of alkyl halides is 3. The van der Waals surface area contributed by atoms with Crippen molar-refractivity contribution in [3.8, 4) is 0 Å². The first kappa shape index (κ1) is 14.0. The maximum Gasteiger partial charge on any atom is 0.460 e. The number of halogens is 3. The maximum absolute atomic E-state index is 12.8. The van der Waals surface area contributed by atoms with Gasteiger partial charge in [0.25, 0.3) is 0 Å². The van der Waals surface area contributed by atoms with Gasteiger partial charge in [-0.15, -0.1) is 0 Å². The smallest absolute Gasteiger partial charge is 0.208 e. The number of hydrogen-bond donors (Lipinski definition) is 0. The molecule has 0 aliphatic carbocycles. The third-order valence-corrected chi connectivity index (χ3v) is 2.79. The van der Waals surface area contributed by atoms with E-state index in [2.05, 4.69) is 0 Å². The van der Waals surface area contributed by atoms with Gasteiger partial charge in [-0.05, 0) is 31.4 Å². The van der Waals surface area contributed by atoms with Crippen LogP contribution in [0.3, 0.4) is 0 Å². The molecule has 0 aliphatic rings. The predicted molar refractivity (Wildman–Crippen MR) is 62.6 cm³/mol. The average Bonchev–Trinajstić information content (AvgIpc) is 2.24. The lowest BCUT2D eigenvalue weighted by Gasteiger charge is -2.29. The monoisotopic (exact) mass is 245 g/mol. The quantitative estimate of drug-likeness (QED) is 0.725. The Kier molecular flexibility index (Phi) is 4.57. The molecule has 0 amide bonds. The summed E-state index contributed by atoms with van der Waals surface area (Å²) in [6.45, 7) is 4.99. The summed E-state index contributed by atoms with van der Waals surface area (Å²) in [7, 11) is 0. The predicted octanol–water partition coefficient (Wildman–Crippen LogP) is 3.98. The van der Waals surface area contributed by atoms with Gasteiger partial charge in [-0.3, -0.25) is 0 Å². The molecule has 0 aromatic heterocycles. The summed E-state index contributed by atoms with van der Waals surface area (Å²) in [5.74, 6) is 0. The van der Waals surface area contributed by atoms with Crippen LogP contribution < -0.4 is 0 Å². The van der Waals surface area contributed by atoms with Crippen molar-refractivity contribution in [3.05, 3.63) is 35.4 Å². The molecule has 0 radical (unpaired) electrons. The summed E-state index contributed by atoms with van der Waals surface area (Å²) in [4.78, 5) is 0.557. The van der Waals surface area contributed by atoms with Gasteiger partial charge in [0, 0.05) is 12.6 Å². The fourth-order valence-electron chi connectivity index (χ4n) is 1.81. The Morgan fingerprint density at radius 3 is 2.06 bits per heavy atom. The second-order valence-corrected chi connectivity index (χ2v) is 4.31. The molecule has 1 rings (SSSR count). The number of benzene rings is 1. The summed E-state index contributed by atoms with van der Waals surface area (Å²) in [6.07, 6.45) is -3.53. The number of aryl methyl sites for hydroxylation is 1. The largest absolute Gasteiger partial charge is 0.460 e. The molecule has 0 bridgehead atoms. The van der Waals surface area contributed by atoms with Crippen LogP contribution in [-0.2, 0) is 13.0 Å². The van der Waals surface area contributed by atoms with Gasteiger partial charge >= 0.3 is 6.30 Å². The van der Waals surface area contributed by atoms with Gasteiger partial charge < -0.3 is 0 Å². The Balaban J connectivity index is 2.94. The Morgan fingerprint density at radius 1 is 1.12 bits per heavy atom. The van der Waals surface area contributed by atoms with Crippen molar-refractivity contribution in [1.29, 1.82) is 0 Å². The standard InChI is InChI=1S/C13H18F3N/c1-4-11-7-5-6-8-12(11)9-17(10(2)3)13(14,15)16/h5-8,10H,4,9H2,1-3H3. The maximum atomic E-state index is 12.8. The lowest BCUT2D eigenvalue weighted by Crippen LogP contribution is -2.42. The zero-order chi connectivity index (χ0) is 13.1. The summed E-state index contributed by atoms with van der Waals surface area (Å²) in [5.41, 5.74) is 1.73. The second kappa shape index (κ2) is 5.54. The van der Waals surface area contributed by atoms with E-state index in [1.807, 2.05) is 19.1 Å². The highest BCUT2D eigenvalue weighted by Gasteiger charge is 2.38. The first-order valence-electron chi connectivity index (χ1n) is 5.76. The molecule has 1 nitrogen and oxygen atoms in total. The third-order valence-electron chi connectivity index (χ3n) is 2.79. The summed E-state index contributed by atoms with van der Waals surface area (Å²) in [6, 6.07) is 6.73. The molecular weight excluding hydrogens is 227 g/mol. The van der Waals surface area contributed by atoms with Crippen molar-refractivity contribution in [3.63, 3.8) is 0 Å². The first-order chi connectivity index (χ1) is 7.86. The lowest BCUT2D eigenvalue weighted by atomic mass is 10.0. The Labute approximate surface area is 100 Å². The molecule has 0 N–H and O–H groups in total. The van der Waals surface area contributed by atoms with E-state index in [9.17, 15) is 13.2 Å². The van der Waals surface area contributed by atoms with Crippen LogP contribution in [0.4, 0.5) is 13.2 Å². The second-order valence-electron chi connectivity index (χ2n) is 4.31. The zero-order valence-corrected chi connectivity index (χ0v) is 10.4. The van der Waals surface area contributed by atoms with Crippen molar-refractivity contribution in [2.45, 2.75) is 46.1 Å². The van der Waals surface area contributed by atoms with Crippen molar-refractivity contribution < 1.29 is 13.2 Å². The molecule has 96 valence electrons. The van der Waals surface area contributed by atoms with Crippen LogP contribution in [0.1, 0.15) is 31.9 Å². The van der Waals surface area contributed by atoms with E-state index < -0.39 is 12.3 Å². The van der Waals surface area contributed by atoms with Gasteiger partial charge in [0.1, 0.15) is 0 Å². The van der Waals surface area contributed by atoms with E-state index in [0.29, 0.717) is 4.90 Å². The average molecular weight is 245 g/mol. The number of hydrogen-bond acceptors (Lipinski definition) is 1. The van der Waals surface area contributed by atoms with E-state index in [1.54, 1.807) is 26.0 Å². The van der Waals surface area contributed by atoms with E-state index >= 15 is 0 Å². The van der Waals surface area contributed by atoms with E-state index in [-0.39, 0.29) is 6.54 Å². The molecule has 0 unspecified atom stereocenters. The molecule has 0 aliphatic heterocycles. The molecule has 0 atom stereocenters. The molecule has 0 heterocycles. The van der Waals surface area contributed by atoms with Crippen LogP contribution in [0.15, 0.2) is 24.3 Å². The van der Waals surface area contributed by atoms with Crippen LogP contribution in [0.2, 0.25) is 0 Å². The number of rotatable bonds is 4. The minimum atomic E-state index is -4.28. The molecule has 0 saturated heterocycles. The zero-order valence-electron chi connectivity index (χ0n) is 10.4. The van der Waals surface area contributed by atoms with Crippen LogP contribution in [0.5, 0.6) is 0 Å². The molecule has 0 fully saturated rings. The van der Waals surface area contributed by atoms with Gasteiger partial charge in [-0.25, -0.2) is 4.90 Å². The molecule has 1 aromatic rings. The van der Waals surface area contributed by atoms with Crippen LogP contribution in [0, 0.1) is 0 Å². The Hall–Kier alpha value is -1.03. The molecule has 0 saturated carbocycles. The van der Waals surface area contributed by atoms with Crippen molar-refractivity contribution in [2.24, 2.45) is 0 Å². The summed E-state index contributed by atoms with van der Waals surface area (Å²) in [5, 5.41) is 0. The summed E-state index contributed by atoms with van der Waals surface area (Å²) < 4.78 is 38.5. The Bertz CT molecular complexity index is 358. The van der Waals surface area contributed by atoms with Gasteiger partial charge in [-0.1, -0.05) is 31.2 Å². The van der Waals surface area contributed by atoms with Gasteiger partial charge in [0.2, 0.25) is 0 Å². The Morgan fingerprint density at radius 2 is 1.65 bits per heavy atom. The van der Waals surface area contributed by atoms with Crippen LogP contribution in [-0.4, -0.2) is 17.2 Å². The van der Waals surface area contributed by atoms with Gasteiger partial charge in [0.05, 0.1) is 0 Å². The van der Waals surface area contributed by atoms with Crippen molar-refractivity contribution in [2.75, 3.05) is 0 Å². The van der Waals surface area contributed by atoms with Gasteiger partial charge in [0.15, 0.2) is 0 Å².